The van der Waals surface area contributed by atoms with Crippen molar-refractivity contribution in [3.05, 3.63) is 41.3 Å². The third-order valence-electron chi connectivity index (χ3n) is 5.61. The molecule has 0 radical (unpaired) electrons. The van der Waals surface area contributed by atoms with Crippen LogP contribution in [0.15, 0.2) is 30.7 Å². The lowest BCUT2D eigenvalue weighted by Gasteiger charge is -2.29. The highest BCUT2D eigenvalue weighted by Gasteiger charge is 2.24. The zero-order chi connectivity index (χ0) is 20.7. The number of benzene rings is 2. The predicted molar refractivity (Wildman–Crippen MR) is 121 cm³/mol. The van der Waals surface area contributed by atoms with Crippen molar-refractivity contribution in [2.24, 2.45) is 0 Å². The van der Waals surface area contributed by atoms with Gasteiger partial charge in [-0.2, -0.15) is 5.10 Å². The van der Waals surface area contributed by atoms with E-state index in [1.807, 2.05) is 25.3 Å². The molecule has 0 aliphatic carbocycles. The van der Waals surface area contributed by atoms with Crippen LogP contribution in [0, 0.1) is 6.92 Å². The zero-order valence-corrected chi connectivity index (χ0v) is 17.8. The summed E-state index contributed by atoms with van der Waals surface area (Å²) in [6, 6.07) is 6.15. The number of anilines is 1. The summed E-state index contributed by atoms with van der Waals surface area (Å²) in [5.74, 6) is 1.51. The molecule has 1 saturated heterocycles. The fourth-order valence-corrected chi connectivity index (χ4v) is 4.51. The number of H-pyrrole nitrogens is 1. The maximum Gasteiger partial charge on any atom is 0.151 e. The molecule has 0 atom stereocenters. The number of ether oxygens (including phenoxy) is 1. The number of hydrogen-bond acceptors (Lipinski definition) is 6. The zero-order valence-electron chi connectivity index (χ0n) is 17.0. The Morgan fingerprint density at radius 3 is 2.83 bits per heavy atom. The maximum atomic E-state index is 7.01. The van der Waals surface area contributed by atoms with Crippen LogP contribution in [-0.2, 0) is 0 Å². The third-order valence-corrected chi connectivity index (χ3v) is 5.98. The first-order valence-corrected chi connectivity index (χ1v) is 10.6. The van der Waals surface area contributed by atoms with Gasteiger partial charge in [-0.25, -0.2) is 9.97 Å². The number of hydrogen-bond donors (Lipinski definition) is 2. The molecule has 7 nitrogen and oxygen atoms in total. The second-order valence-electron chi connectivity index (χ2n) is 7.42. The summed E-state index contributed by atoms with van der Waals surface area (Å²) in [5, 5.41) is 13.1. The fraction of sp³-hybridized carbons (Fsp3) is 0.318. The van der Waals surface area contributed by atoms with Crippen molar-refractivity contribution < 1.29 is 4.74 Å². The van der Waals surface area contributed by atoms with Crippen LogP contribution in [0.3, 0.4) is 0 Å². The van der Waals surface area contributed by atoms with E-state index in [0.29, 0.717) is 17.4 Å². The van der Waals surface area contributed by atoms with Gasteiger partial charge in [0.2, 0.25) is 0 Å². The Hall–Kier alpha value is -2.90. The lowest BCUT2D eigenvalue weighted by molar-refractivity contribution is 0.344. The minimum Gasteiger partial charge on any atom is -0.491 e. The van der Waals surface area contributed by atoms with Gasteiger partial charge in [0, 0.05) is 37.1 Å². The van der Waals surface area contributed by atoms with Crippen LogP contribution in [0.1, 0.15) is 12.5 Å². The summed E-state index contributed by atoms with van der Waals surface area (Å²) in [7, 11) is 0. The summed E-state index contributed by atoms with van der Waals surface area (Å²) in [6.45, 7) is 8.14. The van der Waals surface area contributed by atoms with Crippen LogP contribution in [0.4, 0.5) is 5.82 Å². The van der Waals surface area contributed by atoms with Crippen molar-refractivity contribution in [2.75, 3.05) is 37.7 Å². The number of aryl methyl sites for hydroxylation is 1. The number of nitrogens with one attached hydrogen (secondary N) is 2. The average Bonchev–Trinajstić information content (AvgIpc) is 3.25. The van der Waals surface area contributed by atoms with Gasteiger partial charge in [0.25, 0.3) is 0 Å². The largest absolute Gasteiger partial charge is 0.491 e. The molecule has 2 aromatic carbocycles. The van der Waals surface area contributed by atoms with Crippen LogP contribution in [0.2, 0.25) is 5.02 Å². The molecule has 0 amide bonds. The maximum absolute atomic E-state index is 7.01. The summed E-state index contributed by atoms with van der Waals surface area (Å²) >= 11 is 7.01. The van der Waals surface area contributed by atoms with Gasteiger partial charge in [-0.05, 0) is 37.1 Å². The van der Waals surface area contributed by atoms with Gasteiger partial charge in [0.05, 0.1) is 34.2 Å². The van der Waals surface area contributed by atoms with Crippen molar-refractivity contribution in [1.29, 1.82) is 0 Å². The Bertz CT molecular complexity index is 1230. The SMILES string of the molecule is CCOc1c(Cl)c(-c2c(C)ccc3[nH]ncc23)cc2ncnc(N3CCNCC3)c12. The Kier molecular flexibility index (Phi) is 4.92. The Balaban J connectivity index is 1.80. The lowest BCUT2D eigenvalue weighted by Crippen LogP contribution is -2.44. The van der Waals surface area contributed by atoms with Crippen LogP contribution in [0.25, 0.3) is 32.9 Å². The lowest BCUT2D eigenvalue weighted by atomic mass is 9.95. The number of rotatable bonds is 4. The molecule has 0 unspecified atom stereocenters. The molecule has 4 aromatic rings. The van der Waals surface area contributed by atoms with Gasteiger partial charge >= 0.3 is 0 Å². The normalized spacial score (nSPS) is 14.6. The van der Waals surface area contributed by atoms with Crippen LogP contribution in [-0.4, -0.2) is 53.0 Å². The molecule has 3 heterocycles. The van der Waals surface area contributed by atoms with Gasteiger partial charge in [-0.3, -0.25) is 5.10 Å². The topological polar surface area (TPSA) is 79.0 Å². The van der Waals surface area contributed by atoms with Crippen molar-refractivity contribution in [1.82, 2.24) is 25.5 Å². The molecular formula is C22H23ClN6O. The second kappa shape index (κ2) is 7.74. The number of aromatic nitrogens is 4. The Morgan fingerprint density at radius 2 is 2.03 bits per heavy atom. The highest BCUT2D eigenvalue weighted by atomic mass is 35.5. The number of halogens is 1. The van der Waals surface area contributed by atoms with Crippen molar-refractivity contribution in [2.45, 2.75) is 13.8 Å². The minimum atomic E-state index is 0.503. The molecular weight excluding hydrogens is 400 g/mol. The van der Waals surface area contributed by atoms with Gasteiger partial charge in [0.1, 0.15) is 12.1 Å². The fourth-order valence-electron chi connectivity index (χ4n) is 4.21. The molecule has 154 valence electrons. The summed E-state index contributed by atoms with van der Waals surface area (Å²) in [4.78, 5) is 11.5. The highest BCUT2D eigenvalue weighted by Crippen LogP contribution is 2.46. The number of aromatic amines is 1. The molecule has 0 bridgehead atoms. The average molecular weight is 423 g/mol. The summed E-state index contributed by atoms with van der Waals surface area (Å²) < 4.78 is 6.10. The summed E-state index contributed by atoms with van der Waals surface area (Å²) in [5.41, 5.74) is 4.83. The van der Waals surface area contributed by atoms with E-state index in [9.17, 15) is 0 Å². The first-order chi connectivity index (χ1) is 14.7. The Labute approximate surface area is 179 Å². The van der Waals surface area contributed by atoms with E-state index in [0.717, 1.165) is 70.5 Å². The molecule has 2 N–H and O–H groups in total. The van der Waals surface area contributed by atoms with Crippen molar-refractivity contribution in [3.8, 4) is 16.9 Å². The van der Waals surface area contributed by atoms with Crippen molar-refractivity contribution >= 4 is 39.2 Å². The Morgan fingerprint density at radius 1 is 1.20 bits per heavy atom. The van der Waals surface area contributed by atoms with Crippen LogP contribution >= 0.6 is 11.6 Å². The van der Waals surface area contributed by atoms with Crippen LogP contribution < -0.4 is 15.0 Å². The van der Waals surface area contributed by atoms with Gasteiger partial charge < -0.3 is 15.0 Å². The number of piperazine rings is 1. The molecule has 1 aliphatic rings. The number of fused-ring (bicyclic) bond motifs is 2. The molecule has 0 saturated carbocycles. The first kappa shape index (κ1) is 19.1. The van der Waals surface area contributed by atoms with Crippen molar-refractivity contribution in [3.63, 3.8) is 0 Å². The van der Waals surface area contributed by atoms with E-state index in [4.69, 9.17) is 16.3 Å². The summed E-state index contributed by atoms with van der Waals surface area (Å²) in [6.07, 6.45) is 3.46. The van der Waals surface area contributed by atoms with Gasteiger partial charge in [0.15, 0.2) is 5.75 Å². The molecule has 1 fully saturated rings. The minimum absolute atomic E-state index is 0.503. The van der Waals surface area contributed by atoms with E-state index < -0.39 is 0 Å². The molecule has 30 heavy (non-hydrogen) atoms. The predicted octanol–water partition coefficient (Wildman–Crippen LogP) is 3.94. The van der Waals surface area contributed by atoms with E-state index in [-0.39, 0.29) is 0 Å². The highest BCUT2D eigenvalue weighted by molar-refractivity contribution is 6.37. The second-order valence-corrected chi connectivity index (χ2v) is 7.80. The van der Waals surface area contributed by atoms with Crippen LogP contribution in [0.5, 0.6) is 5.75 Å². The molecule has 5 rings (SSSR count). The third kappa shape index (κ3) is 3.05. The molecule has 0 spiro atoms. The van der Waals surface area contributed by atoms with Gasteiger partial charge in [-0.15, -0.1) is 0 Å². The standard InChI is InChI=1S/C22H23ClN6O/c1-3-30-21-19-17(25-12-26-22(19)29-8-6-24-7-9-29)10-14(20(21)23)18-13(2)4-5-16-15(18)11-27-28-16/h4-5,10-12,24H,3,6-9H2,1-2H3,(H,27,28). The van der Waals surface area contributed by atoms with E-state index >= 15 is 0 Å². The molecule has 8 heteroatoms. The van der Waals surface area contributed by atoms with E-state index in [1.54, 1.807) is 6.33 Å². The molecule has 1 aliphatic heterocycles. The van der Waals surface area contributed by atoms with E-state index in [2.05, 4.69) is 43.4 Å². The monoisotopic (exact) mass is 422 g/mol. The quantitative estimate of drug-likeness (QED) is 0.518. The van der Waals surface area contributed by atoms with Gasteiger partial charge in [-0.1, -0.05) is 17.7 Å². The smallest absolute Gasteiger partial charge is 0.151 e. The van der Waals surface area contributed by atoms with E-state index in [1.165, 1.54) is 0 Å². The number of nitrogens with zero attached hydrogens (tertiary/aromatic N) is 4. The molecule has 2 aromatic heterocycles. The first-order valence-electron chi connectivity index (χ1n) is 10.2.